The topological polar surface area (TPSA) is 38.9 Å². The number of pyridine rings is 1. The van der Waals surface area contributed by atoms with Gasteiger partial charge in [-0.05, 0) is 36.6 Å². The number of benzene rings is 1. The van der Waals surface area contributed by atoms with Crippen LogP contribution >= 0.6 is 0 Å². The fraction of sp³-hybridized carbons (Fsp3) is 0.308. The Bertz CT molecular complexity index is 501. The lowest BCUT2D eigenvalue weighted by molar-refractivity contribution is 0.872. The SMILES string of the molecule is Cc1ccc2c(N)ccc(C(C)C)c2n1. The standard InChI is InChI=1S/C13H16N2/c1-8(2)10-6-7-12(14)11-5-4-9(3)15-13(10)11/h4-8H,14H2,1-3H3. The number of nitrogen functional groups attached to an aromatic ring is 1. The second-order valence-corrected chi connectivity index (χ2v) is 4.25. The summed E-state index contributed by atoms with van der Waals surface area (Å²) in [5.41, 5.74) is 10.1. The average molecular weight is 200 g/mol. The van der Waals surface area contributed by atoms with Crippen molar-refractivity contribution in [2.45, 2.75) is 26.7 Å². The summed E-state index contributed by atoms with van der Waals surface area (Å²) in [6, 6.07) is 8.10. The van der Waals surface area contributed by atoms with E-state index in [9.17, 15) is 0 Å². The van der Waals surface area contributed by atoms with Crippen LogP contribution < -0.4 is 5.73 Å². The number of nitrogens with two attached hydrogens (primary N) is 1. The molecule has 1 aromatic carbocycles. The van der Waals surface area contributed by atoms with E-state index in [0.717, 1.165) is 22.3 Å². The zero-order valence-electron chi connectivity index (χ0n) is 9.41. The van der Waals surface area contributed by atoms with Crippen LogP contribution in [0.15, 0.2) is 24.3 Å². The highest BCUT2D eigenvalue weighted by atomic mass is 14.7. The Kier molecular flexibility index (Phi) is 2.35. The molecule has 2 heteroatoms. The summed E-state index contributed by atoms with van der Waals surface area (Å²) in [6.07, 6.45) is 0. The summed E-state index contributed by atoms with van der Waals surface area (Å²) in [5.74, 6) is 0.474. The van der Waals surface area contributed by atoms with Gasteiger partial charge in [-0.15, -0.1) is 0 Å². The number of rotatable bonds is 1. The van der Waals surface area contributed by atoms with Crippen LogP contribution in [0.25, 0.3) is 10.9 Å². The summed E-state index contributed by atoms with van der Waals surface area (Å²) >= 11 is 0. The smallest absolute Gasteiger partial charge is 0.0760 e. The Hall–Kier alpha value is -1.57. The lowest BCUT2D eigenvalue weighted by Gasteiger charge is -2.11. The first-order valence-corrected chi connectivity index (χ1v) is 5.25. The van der Waals surface area contributed by atoms with E-state index in [1.165, 1.54) is 5.56 Å². The van der Waals surface area contributed by atoms with Crippen molar-refractivity contribution in [2.75, 3.05) is 5.73 Å². The molecule has 1 aromatic heterocycles. The third kappa shape index (κ3) is 1.67. The Morgan fingerprint density at radius 3 is 2.53 bits per heavy atom. The van der Waals surface area contributed by atoms with Crippen molar-refractivity contribution in [1.29, 1.82) is 0 Å². The normalized spacial score (nSPS) is 11.2. The van der Waals surface area contributed by atoms with Crippen molar-refractivity contribution in [3.63, 3.8) is 0 Å². The van der Waals surface area contributed by atoms with Gasteiger partial charge in [0.05, 0.1) is 5.52 Å². The number of aromatic nitrogens is 1. The predicted molar refractivity (Wildman–Crippen MR) is 65.0 cm³/mol. The van der Waals surface area contributed by atoms with Gasteiger partial charge in [0.1, 0.15) is 0 Å². The Labute approximate surface area is 90.1 Å². The van der Waals surface area contributed by atoms with Gasteiger partial charge in [-0.3, -0.25) is 4.98 Å². The van der Waals surface area contributed by atoms with Crippen LogP contribution in [0.2, 0.25) is 0 Å². The maximum Gasteiger partial charge on any atom is 0.0760 e. The number of hydrogen-bond donors (Lipinski definition) is 1. The fourth-order valence-electron chi connectivity index (χ4n) is 1.82. The van der Waals surface area contributed by atoms with Crippen molar-refractivity contribution in [1.82, 2.24) is 4.98 Å². The van der Waals surface area contributed by atoms with E-state index in [0.29, 0.717) is 5.92 Å². The van der Waals surface area contributed by atoms with Gasteiger partial charge in [0, 0.05) is 16.8 Å². The number of nitrogens with zero attached hydrogens (tertiary/aromatic N) is 1. The molecule has 2 rings (SSSR count). The molecule has 78 valence electrons. The van der Waals surface area contributed by atoms with E-state index in [1.54, 1.807) is 0 Å². The molecule has 0 aliphatic carbocycles. The van der Waals surface area contributed by atoms with E-state index in [1.807, 2.05) is 19.1 Å². The third-order valence-corrected chi connectivity index (χ3v) is 2.68. The maximum absolute atomic E-state index is 5.94. The Morgan fingerprint density at radius 1 is 1.13 bits per heavy atom. The molecular weight excluding hydrogens is 184 g/mol. The number of aryl methyl sites for hydroxylation is 1. The average Bonchev–Trinajstić information content (AvgIpc) is 2.17. The molecule has 0 saturated heterocycles. The zero-order valence-corrected chi connectivity index (χ0v) is 9.41. The second-order valence-electron chi connectivity index (χ2n) is 4.25. The van der Waals surface area contributed by atoms with E-state index >= 15 is 0 Å². The maximum atomic E-state index is 5.94. The van der Waals surface area contributed by atoms with Gasteiger partial charge in [0.15, 0.2) is 0 Å². The first-order valence-electron chi connectivity index (χ1n) is 5.25. The van der Waals surface area contributed by atoms with Crippen LogP contribution in [0.3, 0.4) is 0 Å². The number of hydrogen-bond acceptors (Lipinski definition) is 2. The minimum atomic E-state index is 0.474. The lowest BCUT2D eigenvalue weighted by Crippen LogP contribution is -1.96. The molecule has 2 nitrogen and oxygen atoms in total. The zero-order chi connectivity index (χ0) is 11.0. The first kappa shape index (κ1) is 9.97. The fourth-order valence-corrected chi connectivity index (χ4v) is 1.82. The molecule has 2 aromatic rings. The molecule has 0 aliphatic heterocycles. The molecule has 0 aliphatic rings. The van der Waals surface area contributed by atoms with Crippen molar-refractivity contribution in [3.8, 4) is 0 Å². The van der Waals surface area contributed by atoms with Gasteiger partial charge in [-0.1, -0.05) is 19.9 Å². The highest BCUT2D eigenvalue weighted by Gasteiger charge is 2.08. The predicted octanol–water partition coefficient (Wildman–Crippen LogP) is 3.25. The summed E-state index contributed by atoms with van der Waals surface area (Å²) in [4.78, 5) is 4.58. The quantitative estimate of drug-likeness (QED) is 0.718. The number of anilines is 1. The molecule has 0 fully saturated rings. The van der Waals surface area contributed by atoms with Crippen LogP contribution in [-0.2, 0) is 0 Å². The molecule has 0 atom stereocenters. The van der Waals surface area contributed by atoms with Crippen LogP contribution in [0.5, 0.6) is 0 Å². The van der Waals surface area contributed by atoms with Crippen LogP contribution in [0.4, 0.5) is 5.69 Å². The lowest BCUT2D eigenvalue weighted by atomic mass is 9.98. The summed E-state index contributed by atoms with van der Waals surface area (Å²) in [6.45, 7) is 6.36. The van der Waals surface area contributed by atoms with E-state index in [2.05, 4.69) is 31.0 Å². The van der Waals surface area contributed by atoms with Crippen LogP contribution in [0.1, 0.15) is 31.0 Å². The highest BCUT2D eigenvalue weighted by Crippen LogP contribution is 2.28. The molecule has 1 heterocycles. The molecule has 0 saturated carbocycles. The molecule has 0 amide bonds. The minimum absolute atomic E-state index is 0.474. The van der Waals surface area contributed by atoms with Crippen molar-refractivity contribution < 1.29 is 0 Å². The van der Waals surface area contributed by atoms with E-state index < -0.39 is 0 Å². The molecular formula is C13H16N2. The largest absolute Gasteiger partial charge is 0.398 e. The van der Waals surface area contributed by atoms with Gasteiger partial charge in [0.25, 0.3) is 0 Å². The van der Waals surface area contributed by atoms with E-state index in [-0.39, 0.29) is 0 Å². The van der Waals surface area contributed by atoms with Crippen molar-refractivity contribution >= 4 is 16.6 Å². The third-order valence-electron chi connectivity index (χ3n) is 2.68. The van der Waals surface area contributed by atoms with Crippen molar-refractivity contribution in [2.24, 2.45) is 0 Å². The van der Waals surface area contributed by atoms with Gasteiger partial charge in [-0.2, -0.15) is 0 Å². The summed E-state index contributed by atoms with van der Waals surface area (Å²) < 4.78 is 0. The van der Waals surface area contributed by atoms with Gasteiger partial charge >= 0.3 is 0 Å². The minimum Gasteiger partial charge on any atom is -0.398 e. The monoisotopic (exact) mass is 200 g/mol. The molecule has 2 N–H and O–H groups in total. The summed E-state index contributed by atoms with van der Waals surface area (Å²) in [5, 5.41) is 1.06. The molecule has 15 heavy (non-hydrogen) atoms. The summed E-state index contributed by atoms with van der Waals surface area (Å²) in [7, 11) is 0. The molecule has 0 bridgehead atoms. The Balaban J connectivity index is 2.84. The molecule has 0 spiro atoms. The van der Waals surface area contributed by atoms with Gasteiger partial charge in [0.2, 0.25) is 0 Å². The van der Waals surface area contributed by atoms with Crippen molar-refractivity contribution in [3.05, 3.63) is 35.5 Å². The number of fused-ring (bicyclic) bond motifs is 1. The Morgan fingerprint density at radius 2 is 1.87 bits per heavy atom. The van der Waals surface area contributed by atoms with Gasteiger partial charge in [-0.25, -0.2) is 0 Å². The second kappa shape index (κ2) is 3.54. The van der Waals surface area contributed by atoms with Crippen LogP contribution in [0, 0.1) is 6.92 Å². The first-order chi connectivity index (χ1) is 7.09. The molecule has 0 unspecified atom stereocenters. The van der Waals surface area contributed by atoms with E-state index in [4.69, 9.17) is 5.73 Å². The molecule has 0 radical (unpaired) electrons. The van der Waals surface area contributed by atoms with Crippen LogP contribution in [-0.4, -0.2) is 4.98 Å². The van der Waals surface area contributed by atoms with Gasteiger partial charge < -0.3 is 5.73 Å². The highest BCUT2D eigenvalue weighted by molar-refractivity contribution is 5.92.